The van der Waals surface area contributed by atoms with Crippen molar-refractivity contribution in [3.63, 3.8) is 0 Å². The average Bonchev–Trinajstić information content (AvgIpc) is 2.81. The van der Waals surface area contributed by atoms with Crippen LogP contribution in [0.25, 0.3) is 11.6 Å². The van der Waals surface area contributed by atoms with Crippen molar-refractivity contribution < 1.29 is 23.7 Å². The average molecular weight is 461 g/mol. The molecule has 172 valence electrons. The Morgan fingerprint density at radius 3 is 1.97 bits per heavy atom. The van der Waals surface area contributed by atoms with E-state index in [1.165, 1.54) is 21.3 Å². The standard InChI is InChI=1S/C19H20N2O4.C3H8N2OS/c1-22-16-6-5-12(8-15(16)21)7-14(11-20)13-9-17(23-2)19(25-4)18(10-13)24-3;4-2(1-7)3(5)6/h5-10H,21H2,1-4H3;2,7H,1,4H2,(H2,5,6)/b14-7-;/t;2-/m.0/s1. The molecule has 2 aromatic rings. The summed E-state index contributed by atoms with van der Waals surface area (Å²) < 4.78 is 21.1. The molecule has 0 spiro atoms. The monoisotopic (exact) mass is 460 g/mol. The first-order valence-electron chi connectivity index (χ1n) is 9.27. The van der Waals surface area contributed by atoms with Crippen LogP contribution in [0.15, 0.2) is 30.3 Å². The molecule has 0 saturated carbocycles. The van der Waals surface area contributed by atoms with E-state index in [1.54, 1.807) is 37.5 Å². The molecule has 0 unspecified atom stereocenters. The Bertz CT molecular complexity index is 979. The van der Waals surface area contributed by atoms with Gasteiger partial charge in [0, 0.05) is 5.75 Å². The van der Waals surface area contributed by atoms with E-state index in [2.05, 4.69) is 18.7 Å². The van der Waals surface area contributed by atoms with Gasteiger partial charge in [-0.1, -0.05) is 6.07 Å². The van der Waals surface area contributed by atoms with Crippen LogP contribution in [0.5, 0.6) is 23.0 Å². The van der Waals surface area contributed by atoms with Crippen LogP contribution in [-0.4, -0.2) is 46.1 Å². The smallest absolute Gasteiger partial charge is 0.235 e. The zero-order valence-corrected chi connectivity index (χ0v) is 19.3. The first-order valence-corrected chi connectivity index (χ1v) is 9.90. The molecular formula is C22H28N4O5S. The number of nitrogen functional groups attached to an aromatic ring is 1. The van der Waals surface area contributed by atoms with Gasteiger partial charge in [0.25, 0.3) is 0 Å². The van der Waals surface area contributed by atoms with Crippen molar-refractivity contribution >= 4 is 35.9 Å². The van der Waals surface area contributed by atoms with E-state index in [0.29, 0.717) is 45.6 Å². The minimum atomic E-state index is -0.594. The molecule has 0 radical (unpaired) electrons. The lowest BCUT2D eigenvalue weighted by atomic mass is 10.0. The third kappa shape index (κ3) is 7.01. The lowest BCUT2D eigenvalue weighted by Crippen LogP contribution is -2.37. The number of ether oxygens (including phenoxy) is 4. The summed E-state index contributed by atoms with van der Waals surface area (Å²) in [5.41, 5.74) is 18.1. The zero-order chi connectivity index (χ0) is 24.3. The van der Waals surface area contributed by atoms with E-state index in [0.717, 1.165) is 5.56 Å². The van der Waals surface area contributed by atoms with E-state index >= 15 is 0 Å². The Hall–Kier alpha value is -3.55. The number of primary amides is 1. The molecule has 0 aromatic heterocycles. The van der Waals surface area contributed by atoms with Crippen molar-refractivity contribution in [1.82, 2.24) is 0 Å². The maximum atomic E-state index is 9.98. The van der Waals surface area contributed by atoms with Crippen LogP contribution >= 0.6 is 12.6 Å². The number of carbonyl (C=O) groups excluding carboxylic acids is 1. The molecular weight excluding hydrogens is 432 g/mol. The number of nitrogens with zero attached hydrogens (tertiary/aromatic N) is 1. The van der Waals surface area contributed by atoms with Crippen molar-refractivity contribution in [2.45, 2.75) is 6.04 Å². The number of carbonyl (C=O) groups is 1. The molecule has 2 aromatic carbocycles. The SMILES string of the molecule is COc1ccc(/C=C(/C#N)c2cc(OC)c(OC)c(OC)c2)cc1N.NC(=O)[C@@H](N)CS. The Morgan fingerprint density at radius 1 is 1.06 bits per heavy atom. The number of amides is 1. The van der Waals surface area contributed by atoms with Gasteiger partial charge in [0.05, 0.1) is 51.8 Å². The second kappa shape index (κ2) is 13.0. The second-order valence-electron chi connectivity index (χ2n) is 6.28. The van der Waals surface area contributed by atoms with Crippen LogP contribution in [0, 0.1) is 11.3 Å². The summed E-state index contributed by atoms with van der Waals surface area (Å²) in [6, 6.07) is 10.4. The van der Waals surface area contributed by atoms with Crippen LogP contribution in [0.3, 0.4) is 0 Å². The van der Waals surface area contributed by atoms with Crippen molar-refractivity contribution in [3.8, 4) is 29.1 Å². The van der Waals surface area contributed by atoms with Crippen LogP contribution in [0.4, 0.5) is 5.69 Å². The number of nitriles is 1. The highest BCUT2D eigenvalue weighted by Crippen LogP contribution is 2.40. The maximum Gasteiger partial charge on any atom is 0.235 e. The highest BCUT2D eigenvalue weighted by atomic mass is 32.1. The van der Waals surface area contributed by atoms with Crippen LogP contribution in [0.2, 0.25) is 0 Å². The highest BCUT2D eigenvalue weighted by molar-refractivity contribution is 7.80. The van der Waals surface area contributed by atoms with E-state index in [9.17, 15) is 10.1 Å². The van der Waals surface area contributed by atoms with Gasteiger partial charge >= 0.3 is 0 Å². The number of thiol groups is 1. The summed E-state index contributed by atoms with van der Waals surface area (Å²) in [6.45, 7) is 0. The molecule has 1 atom stereocenters. The van der Waals surface area contributed by atoms with Gasteiger partial charge in [-0.3, -0.25) is 4.79 Å². The molecule has 0 aliphatic heterocycles. The predicted octanol–water partition coefficient (Wildman–Crippen LogP) is 2.10. The Labute approximate surface area is 193 Å². The largest absolute Gasteiger partial charge is 0.495 e. The normalized spacial score (nSPS) is 11.3. The van der Waals surface area contributed by atoms with Gasteiger partial charge in [0.1, 0.15) is 5.75 Å². The topological polar surface area (TPSA) is 156 Å². The number of allylic oxidation sites excluding steroid dienone is 1. The summed E-state index contributed by atoms with van der Waals surface area (Å²) in [5.74, 6) is 1.83. The minimum Gasteiger partial charge on any atom is -0.495 e. The zero-order valence-electron chi connectivity index (χ0n) is 18.4. The fraction of sp³-hybridized carbons (Fsp3) is 0.273. The third-order valence-electron chi connectivity index (χ3n) is 4.22. The molecule has 0 heterocycles. The van der Waals surface area contributed by atoms with E-state index < -0.39 is 11.9 Å². The summed E-state index contributed by atoms with van der Waals surface area (Å²) in [6.07, 6.45) is 1.73. The van der Waals surface area contributed by atoms with Gasteiger partial charge in [-0.15, -0.1) is 0 Å². The molecule has 1 amide bonds. The molecule has 0 saturated heterocycles. The maximum absolute atomic E-state index is 9.98. The fourth-order valence-corrected chi connectivity index (χ4v) is 2.70. The quantitative estimate of drug-likeness (QED) is 0.202. The minimum absolute atomic E-state index is 0.315. The van der Waals surface area contributed by atoms with Gasteiger partial charge in [-0.2, -0.15) is 17.9 Å². The molecule has 9 nitrogen and oxygen atoms in total. The van der Waals surface area contributed by atoms with Crippen molar-refractivity contribution in [2.24, 2.45) is 11.5 Å². The number of rotatable bonds is 8. The molecule has 0 aliphatic rings. The number of hydrogen-bond donors (Lipinski definition) is 4. The lowest BCUT2D eigenvalue weighted by Gasteiger charge is -2.14. The highest BCUT2D eigenvalue weighted by Gasteiger charge is 2.15. The van der Waals surface area contributed by atoms with E-state index in [4.69, 9.17) is 36.1 Å². The fourth-order valence-electron chi connectivity index (χ4n) is 2.52. The van der Waals surface area contributed by atoms with Crippen molar-refractivity contribution in [3.05, 3.63) is 41.5 Å². The third-order valence-corrected chi connectivity index (χ3v) is 4.62. The molecule has 0 aliphatic carbocycles. The Morgan fingerprint density at radius 2 is 1.62 bits per heavy atom. The Kier molecular flexibility index (Phi) is 10.8. The van der Waals surface area contributed by atoms with E-state index in [-0.39, 0.29) is 0 Å². The Balaban J connectivity index is 0.000000633. The molecule has 10 heteroatoms. The van der Waals surface area contributed by atoms with Gasteiger partial charge < -0.3 is 36.1 Å². The number of methoxy groups -OCH3 is 4. The van der Waals surface area contributed by atoms with Crippen LogP contribution in [-0.2, 0) is 4.79 Å². The second-order valence-corrected chi connectivity index (χ2v) is 6.64. The van der Waals surface area contributed by atoms with Crippen molar-refractivity contribution in [2.75, 3.05) is 39.9 Å². The number of anilines is 1. The van der Waals surface area contributed by atoms with E-state index in [1.807, 2.05) is 6.07 Å². The van der Waals surface area contributed by atoms with Gasteiger partial charge in [-0.05, 0) is 41.5 Å². The first kappa shape index (κ1) is 26.5. The predicted molar refractivity (Wildman–Crippen MR) is 128 cm³/mol. The summed E-state index contributed by atoms with van der Waals surface area (Å²) in [7, 11) is 6.14. The van der Waals surface area contributed by atoms with Gasteiger partial charge in [0.2, 0.25) is 11.7 Å². The number of hydrogen-bond acceptors (Lipinski definition) is 9. The number of benzene rings is 2. The molecule has 0 bridgehead atoms. The lowest BCUT2D eigenvalue weighted by molar-refractivity contribution is -0.118. The van der Waals surface area contributed by atoms with Gasteiger partial charge in [-0.25, -0.2) is 0 Å². The van der Waals surface area contributed by atoms with Gasteiger partial charge in [0.15, 0.2) is 11.5 Å². The molecule has 2 rings (SSSR count). The van der Waals surface area contributed by atoms with Crippen molar-refractivity contribution in [1.29, 1.82) is 5.26 Å². The first-order chi connectivity index (χ1) is 15.3. The number of nitrogens with two attached hydrogens (primary N) is 3. The summed E-state index contributed by atoms with van der Waals surface area (Å²) in [4.78, 5) is 9.98. The summed E-state index contributed by atoms with van der Waals surface area (Å²) in [5, 5.41) is 9.58. The molecule has 0 fully saturated rings. The van der Waals surface area contributed by atoms with Crippen LogP contribution < -0.4 is 36.1 Å². The molecule has 6 N–H and O–H groups in total. The summed E-state index contributed by atoms with van der Waals surface area (Å²) >= 11 is 3.73. The molecule has 32 heavy (non-hydrogen) atoms. The van der Waals surface area contributed by atoms with Crippen LogP contribution in [0.1, 0.15) is 11.1 Å².